The average molecular weight is 1200 g/mol. The van der Waals surface area contributed by atoms with E-state index in [1.807, 2.05) is 50.5 Å². The quantitative estimate of drug-likeness (QED) is 0.0412. The first-order chi connectivity index (χ1) is 37.3. The molecular weight excluding hydrogens is 1130 g/mol. The van der Waals surface area contributed by atoms with Gasteiger partial charge in [-0.1, -0.05) is 70.7 Å². The molecule has 6 rings (SSSR count). The predicted octanol–water partition coefficient (Wildman–Crippen LogP) is 6.77. The molecule has 4 atom stereocenters. The second-order valence-corrected chi connectivity index (χ2v) is 25.2. The maximum Gasteiger partial charge on any atom is 0.252 e. The molecule has 1 amide bonds. The second kappa shape index (κ2) is 31.8. The van der Waals surface area contributed by atoms with Gasteiger partial charge in [-0.2, -0.15) is 0 Å². The molecular formula is C55H71Cl4N3O14S2. The van der Waals surface area contributed by atoms with Gasteiger partial charge in [0, 0.05) is 90.9 Å². The van der Waals surface area contributed by atoms with Crippen molar-refractivity contribution in [3.63, 3.8) is 0 Å². The van der Waals surface area contributed by atoms with E-state index in [1.54, 1.807) is 36.4 Å². The zero-order valence-electron chi connectivity index (χ0n) is 44.0. The van der Waals surface area contributed by atoms with Crippen molar-refractivity contribution < 1.29 is 65.1 Å². The van der Waals surface area contributed by atoms with Crippen LogP contribution in [0, 0.1) is 0 Å². The molecule has 17 nitrogen and oxygen atoms in total. The lowest BCUT2D eigenvalue weighted by atomic mass is 9.85. The topological polar surface area (TPSA) is 217 Å². The molecule has 3 N–H and O–H groups in total. The third-order valence-electron chi connectivity index (χ3n) is 13.3. The second-order valence-electron chi connectivity index (χ2n) is 19.3. The number of carbonyl (C=O) groups excluding carboxylic acids is 2. The van der Waals surface area contributed by atoms with Crippen molar-refractivity contribution in [1.29, 1.82) is 0 Å². The van der Waals surface area contributed by atoms with E-state index in [1.165, 1.54) is 0 Å². The molecule has 0 fully saturated rings. The minimum Gasteiger partial charge on any atom is -0.382 e. The number of fused-ring (bicyclic) bond motifs is 2. The highest BCUT2D eigenvalue weighted by Crippen LogP contribution is 2.40. The van der Waals surface area contributed by atoms with Crippen LogP contribution >= 0.6 is 46.4 Å². The number of aliphatic hydroxyl groups excluding tert-OH is 2. The normalized spacial score (nSPS) is 16.9. The Morgan fingerprint density at radius 2 is 0.923 bits per heavy atom. The lowest BCUT2D eigenvalue weighted by molar-refractivity contribution is -0.145. The van der Waals surface area contributed by atoms with Gasteiger partial charge in [-0.25, -0.2) is 16.8 Å². The number of sulfone groups is 2. The van der Waals surface area contributed by atoms with E-state index in [-0.39, 0.29) is 132 Å². The molecule has 2 heterocycles. The lowest BCUT2D eigenvalue weighted by Crippen LogP contribution is -2.46. The fourth-order valence-corrected chi connectivity index (χ4v) is 13.0. The number of benzene rings is 4. The zero-order valence-corrected chi connectivity index (χ0v) is 48.7. The van der Waals surface area contributed by atoms with Crippen LogP contribution in [0.5, 0.6) is 0 Å². The van der Waals surface area contributed by atoms with Gasteiger partial charge in [0.05, 0.1) is 80.8 Å². The van der Waals surface area contributed by atoms with Crippen molar-refractivity contribution in [1.82, 2.24) is 15.1 Å². The number of rotatable bonds is 34. The highest BCUT2D eigenvalue weighted by Gasteiger charge is 2.31. The SMILES string of the molecule is CN1Cc2c(Cl)cc(Cl)cc2[C@H](c2ccc(S(=O)(=O)CCCOCCOCCOCCCC(=O)[C@H](O)[C@@H](O)C(=O)NCCOCCOCCOCCCS(=O)(=O)c3ccc([C@@H]4CN(C)Cc5c(Cl)cc(Cl)cc54)cc3)cc2)C1. The van der Waals surface area contributed by atoms with Gasteiger partial charge in [-0.05, 0) is 115 Å². The summed E-state index contributed by atoms with van der Waals surface area (Å²) in [4.78, 5) is 29.6. The fourth-order valence-electron chi connectivity index (χ4n) is 9.26. The van der Waals surface area contributed by atoms with E-state index in [2.05, 4.69) is 15.1 Å². The van der Waals surface area contributed by atoms with Crippen LogP contribution in [0.2, 0.25) is 20.1 Å². The van der Waals surface area contributed by atoms with E-state index in [0.717, 1.165) is 46.5 Å². The van der Waals surface area contributed by atoms with E-state index < -0.39 is 43.6 Å². The van der Waals surface area contributed by atoms with Crippen molar-refractivity contribution >= 4 is 77.8 Å². The van der Waals surface area contributed by atoms with Crippen LogP contribution in [-0.2, 0) is 70.8 Å². The Balaban J connectivity index is 0.705. The van der Waals surface area contributed by atoms with E-state index in [9.17, 15) is 36.6 Å². The van der Waals surface area contributed by atoms with E-state index in [0.29, 0.717) is 46.0 Å². The molecule has 0 aliphatic carbocycles. The number of nitrogens with one attached hydrogen (secondary N) is 1. The van der Waals surface area contributed by atoms with E-state index in [4.69, 9.17) is 74.8 Å². The Kier molecular flexibility index (Phi) is 26.0. The van der Waals surface area contributed by atoms with Gasteiger partial charge in [0.2, 0.25) is 0 Å². The lowest BCUT2D eigenvalue weighted by Gasteiger charge is -2.33. The summed E-state index contributed by atoms with van der Waals surface area (Å²) in [5, 5.41) is 25.2. The smallest absolute Gasteiger partial charge is 0.252 e. The molecule has 0 aromatic heterocycles. The van der Waals surface area contributed by atoms with Crippen LogP contribution in [0.3, 0.4) is 0 Å². The summed E-state index contributed by atoms with van der Waals surface area (Å²) in [6.07, 6.45) is -3.08. The average Bonchev–Trinajstić information content (AvgIpc) is 3.47. The van der Waals surface area contributed by atoms with Gasteiger partial charge < -0.3 is 53.8 Å². The maximum atomic E-state index is 13.0. The maximum absolute atomic E-state index is 13.0. The molecule has 2 aliphatic heterocycles. The van der Waals surface area contributed by atoms with Crippen LogP contribution in [0.15, 0.2) is 82.6 Å². The number of hydrogen-bond donors (Lipinski definition) is 3. The summed E-state index contributed by atoms with van der Waals surface area (Å²) in [6.45, 7) is 5.76. The summed E-state index contributed by atoms with van der Waals surface area (Å²) >= 11 is 25.6. The molecule has 2 aliphatic rings. The van der Waals surface area contributed by atoms with Gasteiger partial charge in [-0.3, -0.25) is 9.59 Å². The molecule has 430 valence electrons. The number of ketones is 1. The van der Waals surface area contributed by atoms with Crippen LogP contribution in [0.25, 0.3) is 0 Å². The van der Waals surface area contributed by atoms with Gasteiger partial charge in [0.1, 0.15) is 6.10 Å². The standard InChI is InChI=1S/C55H71Cl4N3O14S2/c1-61-34-46(44-30-40(56)32-50(58)48(44)36-61)38-7-11-42(12-8-38)77(67,68)28-4-17-72-21-25-75-24-20-71-16-3-6-52(63)53(64)54(65)55(66)60-15-19-74-23-27-76-26-22-73-18-5-29-78(69,70)43-13-9-39(10-14-43)47-35-62(2)37-49-45(47)31-41(57)33-51(49)59/h7-14,30-33,46-47,53-54,64-65H,3-6,15-29,34-37H2,1-2H3,(H,60,66)/t46-,47-,53-,54+/m0/s1. The largest absolute Gasteiger partial charge is 0.382 e. The molecule has 0 saturated carbocycles. The number of aliphatic hydroxyl groups is 2. The van der Waals surface area contributed by atoms with Crippen molar-refractivity contribution in [2.24, 2.45) is 0 Å². The molecule has 0 saturated heterocycles. The molecule has 4 aromatic carbocycles. The van der Waals surface area contributed by atoms with E-state index >= 15 is 0 Å². The van der Waals surface area contributed by atoms with Crippen molar-refractivity contribution in [3.8, 4) is 0 Å². The molecule has 23 heteroatoms. The first kappa shape index (κ1) is 63.9. The number of carbonyl (C=O) groups is 2. The monoisotopic (exact) mass is 1200 g/mol. The summed E-state index contributed by atoms with van der Waals surface area (Å²) in [6, 6.07) is 21.3. The van der Waals surface area contributed by atoms with Gasteiger partial charge in [0.25, 0.3) is 5.91 Å². The third-order valence-corrected chi connectivity index (χ3v) is 18.1. The van der Waals surface area contributed by atoms with Crippen molar-refractivity contribution in [2.45, 2.75) is 72.6 Å². The molecule has 0 radical (unpaired) electrons. The summed E-state index contributed by atoms with van der Waals surface area (Å²) in [7, 11) is -2.99. The number of ether oxygens (including phenoxy) is 6. The summed E-state index contributed by atoms with van der Waals surface area (Å²) in [5.74, 6) is -1.73. The Morgan fingerprint density at radius 3 is 1.33 bits per heavy atom. The molecule has 0 unspecified atom stereocenters. The molecule has 0 spiro atoms. The van der Waals surface area contributed by atoms with Crippen molar-refractivity contribution in [3.05, 3.63) is 126 Å². The number of amides is 1. The highest BCUT2D eigenvalue weighted by atomic mass is 35.5. The number of hydrogen-bond acceptors (Lipinski definition) is 16. The van der Waals surface area contributed by atoms with Crippen LogP contribution in [0.1, 0.15) is 70.9 Å². The van der Waals surface area contributed by atoms with Crippen LogP contribution in [-0.4, -0.2) is 185 Å². The number of halogens is 4. The molecule has 78 heavy (non-hydrogen) atoms. The Hall–Kier alpha value is -3.32. The minimum atomic E-state index is -3.52. The fraction of sp³-hybridized carbons (Fsp3) is 0.527. The number of Topliss-reactive ketones (excluding diaryl/α,β-unsaturated/α-hetero) is 1. The Bertz CT molecular complexity index is 2610. The zero-order chi connectivity index (χ0) is 56.2. The Morgan fingerprint density at radius 1 is 0.551 bits per heavy atom. The van der Waals surface area contributed by atoms with Crippen LogP contribution in [0.4, 0.5) is 0 Å². The summed E-state index contributed by atoms with van der Waals surface area (Å²) in [5.41, 5.74) is 6.13. The van der Waals surface area contributed by atoms with Crippen LogP contribution < -0.4 is 5.32 Å². The highest BCUT2D eigenvalue weighted by molar-refractivity contribution is 7.91. The third kappa shape index (κ3) is 19.4. The molecule has 0 bridgehead atoms. The van der Waals surface area contributed by atoms with Crippen molar-refractivity contribution in [2.75, 3.05) is 125 Å². The first-order valence-corrected chi connectivity index (χ1v) is 30.8. The first-order valence-electron chi connectivity index (χ1n) is 26.0. The van der Waals surface area contributed by atoms with Gasteiger partial charge in [0.15, 0.2) is 31.6 Å². The van der Waals surface area contributed by atoms with Gasteiger partial charge in [-0.15, -0.1) is 0 Å². The Labute approximate surface area is 478 Å². The minimum absolute atomic E-state index is 0.00674. The number of likely N-dealkylation sites (N-methyl/N-ethyl adjacent to an activating group) is 2. The van der Waals surface area contributed by atoms with Gasteiger partial charge >= 0.3 is 0 Å². The summed E-state index contributed by atoms with van der Waals surface area (Å²) < 4.78 is 85.1. The molecule has 4 aromatic rings. The number of nitrogens with zero attached hydrogens (tertiary/aromatic N) is 2. The predicted molar refractivity (Wildman–Crippen MR) is 300 cm³/mol.